The Kier molecular flexibility index (Phi) is 5.74. The summed E-state index contributed by atoms with van der Waals surface area (Å²) < 4.78 is 70.9. The lowest BCUT2D eigenvalue weighted by Crippen LogP contribution is -2.45. The van der Waals surface area contributed by atoms with Crippen molar-refractivity contribution >= 4 is 27.5 Å². The molecule has 1 atom stereocenters. The summed E-state index contributed by atoms with van der Waals surface area (Å²) in [7, 11) is -4.40. The third-order valence-corrected chi connectivity index (χ3v) is 6.76. The molecule has 6 nitrogen and oxygen atoms in total. The van der Waals surface area contributed by atoms with Gasteiger partial charge < -0.3 is 9.73 Å². The van der Waals surface area contributed by atoms with E-state index in [9.17, 15) is 26.4 Å². The van der Waals surface area contributed by atoms with Crippen LogP contribution in [0.5, 0.6) is 0 Å². The summed E-state index contributed by atoms with van der Waals surface area (Å²) >= 11 is 5.88. The van der Waals surface area contributed by atoms with E-state index >= 15 is 0 Å². The number of carbonyl (C=O) groups excluding carboxylic acids is 1. The van der Waals surface area contributed by atoms with Gasteiger partial charge in [0.25, 0.3) is 0 Å². The van der Waals surface area contributed by atoms with Crippen molar-refractivity contribution < 1.29 is 30.8 Å². The fourth-order valence-corrected chi connectivity index (χ4v) is 5.16. The van der Waals surface area contributed by atoms with Crippen LogP contribution in [0, 0.1) is 0 Å². The number of amides is 1. The van der Waals surface area contributed by atoms with Crippen LogP contribution >= 0.6 is 11.6 Å². The Labute approximate surface area is 164 Å². The molecule has 0 bridgehead atoms. The molecule has 1 aliphatic heterocycles. The molecular formula is C17H16ClF3N2O4S. The number of nitrogens with one attached hydrogen (secondary N) is 1. The summed E-state index contributed by atoms with van der Waals surface area (Å²) in [5.74, 6) is -0.0674. The van der Waals surface area contributed by atoms with E-state index in [1.807, 2.05) is 0 Å². The van der Waals surface area contributed by atoms with Crippen LogP contribution in [0.2, 0.25) is 5.02 Å². The first kappa shape index (κ1) is 20.7. The molecule has 0 saturated carbocycles. The van der Waals surface area contributed by atoms with Gasteiger partial charge in [-0.3, -0.25) is 4.79 Å². The molecule has 1 fully saturated rings. The minimum atomic E-state index is -4.72. The van der Waals surface area contributed by atoms with Gasteiger partial charge in [0.2, 0.25) is 15.9 Å². The molecule has 1 N–H and O–H groups in total. The van der Waals surface area contributed by atoms with Crippen LogP contribution in [0.3, 0.4) is 0 Å². The maximum atomic E-state index is 13.0. The van der Waals surface area contributed by atoms with E-state index in [4.69, 9.17) is 16.0 Å². The Bertz CT molecular complexity index is 961. The van der Waals surface area contributed by atoms with Gasteiger partial charge in [0, 0.05) is 6.54 Å². The van der Waals surface area contributed by atoms with E-state index in [1.165, 1.54) is 6.26 Å². The summed E-state index contributed by atoms with van der Waals surface area (Å²) in [6, 6.07) is 4.34. The predicted octanol–water partition coefficient (Wildman–Crippen LogP) is 3.42. The Morgan fingerprint density at radius 2 is 2.07 bits per heavy atom. The van der Waals surface area contributed by atoms with Crippen LogP contribution in [-0.2, 0) is 27.5 Å². The minimum absolute atomic E-state index is 0.00768. The molecule has 2 heterocycles. The van der Waals surface area contributed by atoms with Crippen molar-refractivity contribution in [2.75, 3.05) is 6.54 Å². The highest BCUT2D eigenvalue weighted by Gasteiger charge is 2.41. The van der Waals surface area contributed by atoms with Crippen molar-refractivity contribution in [1.29, 1.82) is 0 Å². The number of sulfonamides is 1. The van der Waals surface area contributed by atoms with Gasteiger partial charge in [-0.2, -0.15) is 17.5 Å². The zero-order valence-electron chi connectivity index (χ0n) is 14.4. The smallest absolute Gasteiger partial charge is 0.416 e. The van der Waals surface area contributed by atoms with Crippen molar-refractivity contribution in [1.82, 2.24) is 9.62 Å². The Balaban J connectivity index is 1.85. The molecule has 1 unspecified atom stereocenters. The van der Waals surface area contributed by atoms with Gasteiger partial charge in [0.1, 0.15) is 16.7 Å². The highest BCUT2D eigenvalue weighted by Crippen LogP contribution is 2.36. The van der Waals surface area contributed by atoms with Gasteiger partial charge in [-0.05, 0) is 43.2 Å². The van der Waals surface area contributed by atoms with Crippen molar-refractivity contribution in [3.8, 4) is 0 Å². The third-order valence-electron chi connectivity index (χ3n) is 4.37. The van der Waals surface area contributed by atoms with Crippen LogP contribution in [0.15, 0.2) is 45.9 Å². The second-order valence-corrected chi connectivity index (χ2v) is 8.48. The molecule has 1 aromatic heterocycles. The minimum Gasteiger partial charge on any atom is -0.467 e. The lowest BCUT2D eigenvalue weighted by molar-refractivity contribution is -0.137. The van der Waals surface area contributed by atoms with Gasteiger partial charge in [-0.1, -0.05) is 11.6 Å². The molecule has 1 amide bonds. The Morgan fingerprint density at radius 1 is 1.32 bits per heavy atom. The zero-order valence-corrected chi connectivity index (χ0v) is 15.9. The molecule has 11 heteroatoms. The number of hydrogen-bond donors (Lipinski definition) is 1. The highest BCUT2D eigenvalue weighted by atomic mass is 35.5. The number of carbonyl (C=O) groups is 1. The number of benzene rings is 1. The monoisotopic (exact) mass is 436 g/mol. The lowest BCUT2D eigenvalue weighted by Gasteiger charge is -2.24. The van der Waals surface area contributed by atoms with E-state index < -0.39 is 38.6 Å². The molecular weight excluding hydrogens is 421 g/mol. The van der Waals surface area contributed by atoms with Gasteiger partial charge >= 0.3 is 6.18 Å². The summed E-state index contributed by atoms with van der Waals surface area (Å²) in [5, 5.41) is 2.24. The van der Waals surface area contributed by atoms with E-state index in [0.717, 1.165) is 10.4 Å². The number of furan rings is 1. The lowest BCUT2D eigenvalue weighted by atomic mass is 10.2. The van der Waals surface area contributed by atoms with Crippen molar-refractivity contribution in [2.24, 2.45) is 0 Å². The summed E-state index contributed by atoms with van der Waals surface area (Å²) in [6.07, 6.45) is -2.64. The second-order valence-electron chi connectivity index (χ2n) is 6.21. The summed E-state index contributed by atoms with van der Waals surface area (Å²) in [6.45, 7) is 0.0777. The first-order valence-corrected chi connectivity index (χ1v) is 10.1. The van der Waals surface area contributed by atoms with Crippen molar-refractivity contribution in [3.63, 3.8) is 0 Å². The maximum absolute atomic E-state index is 13.0. The average molecular weight is 437 g/mol. The first-order chi connectivity index (χ1) is 13.1. The number of hydrogen-bond acceptors (Lipinski definition) is 4. The first-order valence-electron chi connectivity index (χ1n) is 8.29. The second kappa shape index (κ2) is 7.76. The molecule has 1 aliphatic rings. The standard InChI is InChI=1S/C17H16ClF3N2O4S/c18-13-6-5-11(17(19,20)21)9-15(13)28(25,26)23-7-1-4-14(23)16(24)22-10-12-3-2-8-27-12/h2-3,5-6,8-9,14H,1,4,7,10H2,(H,22,24). The van der Waals surface area contributed by atoms with Gasteiger partial charge in [-0.25, -0.2) is 8.42 Å². The Hall–Kier alpha value is -2.04. The van der Waals surface area contributed by atoms with Crippen LogP contribution in [0.4, 0.5) is 13.2 Å². The maximum Gasteiger partial charge on any atom is 0.416 e. The number of nitrogens with zero attached hydrogens (tertiary/aromatic N) is 1. The molecule has 2 aromatic rings. The molecule has 0 aliphatic carbocycles. The summed E-state index contributed by atoms with van der Waals surface area (Å²) in [4.78, 5) is 11.8. The molecule has 3 rings (SSSR count). The number of alkyl halides is 3. The van der Waals surface area contributed by atoms with Crippen LogP contribution in [0.1, 0.15) is 24.2 Å². The van der Waals surface area contributed by atoms with Crippen molar-refractivity contribution in [2.45, 2.75) is 36.5 Å². The largest absolute Gasteiger partial charge is 0.467 e. The van der Waals surface area contributed by atoms with Gasteiger partial charge in [0.05, 0.1) is 23.4 Å². The van der Waals surface area contributed by atoms with E-state index in [1.54, 1.807) is 12.1 Å². The topological polar surface area (TPSA) is 79.6 Å². The number of rotatable bonds is 5. The molecule has 152 valence electrons. The predicted molar refractivity (Wildman–Crippen MR) is 93.9 cm³/mol. The zero-order chi connectivity index (χ0) is 20.5. The molecule has 0 spiro atoms. The third kappa shape index (κ3) is 4.18. The fraction of sp³-hybridized carbons (Fsp3) is 0.353. The normalized spacial score (nSPS) is 18.4. The van der Waals surface area contributed by atoms with E-state index in [2.05, 4.69) is 5.32 Å². The number of halogens is 4. The molecule has 1 saturated heterocycles. The SMILES string of the molecule is O=C(NCc1ccco1)C1CCCN1S(=O)(=O)c1cc(C(F)(F)F)ccc1Cl. The van der Waals surface area contributed by atoms with Gasteiger partial charge in [0.15, 0.2) is 0 Å². The quantitative estimate of drug-likeness (QED) is 0.778. The van der Waals surface area contributed by atoms with Crippen LogP contribution in [-0.4, -0.2) is 31.2 Å². The Morgan fingerprint density at radius 3 is 2.71 bits per heavy atom. The van der Waals surface area contributed by atoms with Gasteiger partial charge in [-0.15, -0.1) is 0 Å². The van der Waals surface area contributed by atoms with Crippen molar-refractivity contribution in [3.05, 3.63) is 52.9 Å². The fourth-order valence-electron chi connectivity index (χ4n) is 3.00. The highest BCUT2D eigenvalue weighted by molar-refractivity contribution is 7.89. The van der Waals surface area contributed by atoms with E-state index in [0.29, 0.717) is 24.3 Å². The van der Waals surface area contributed by atoms with Crippen LogP contribution < -0.4 is 5.32 Å². The molecule has 1 aromatic carbocycles. The summed E-state index contributed by atoms with van der Waals surface area (Å²) in [5.41, 5.74) is -1.13. The average Bonchev–Trinajstić information content (AvgIpc) is 3.30. The van der Waals surface area contributed by atoms with Crippen LogP contribution in [0.25, 0.3) is 0 Å². The molecule has 0 radical (unpaired) electrons. The van der Waals surface area contributed by atoms with E-state index in [-0.39, 0.29) is 24.5 Å². The molecule has 28 heavy (non-hydrogen) atoms.